The predicted molar refractivity (Wildman–Crippen MR) is 156 cm³/mol. The summed E-state index contributed by atoms with van der Waals surface area (Å²) in [5.41, 5.74) is 4.05. The Bertz CT molecular complexity index is 1640. The summed E-state index contributed by atoms with van der Waals surface area (Å²) in [5, 5.41) is 17.6. The predicted octanol–water partition coefficient (Wildman–Crippen LogP) is 6.00. The first-order valence-electron chi connectivity index (χ1n) is 13.9. The second kappa shape index (κ2) is 11.0. The molecule has 0 spiro atoms. The van der Waals surface area contributed by atoms with Crippen LogP contribution < -0.4 is 15.4 Å². The van der Waals surface area contributed by atoms with Gasteiger partial charge >= 0.3 is 6.09 Å². The number of fused-ring (bicyclic) bond motifs is 1. The summed E-state index contributed by atoms with van der Waals surface area (Å²) in [7, 11) is 0. The fourth-order valence-electron chi connectivity index (χ4n) is 5.26. The van der Waals surface area contributed by atoms with Crippen LogP contribution in [-0.4, -0.2) is 56.1 Å². The molecule has 4 aromatic rings. The molecule has 1 aliphatic heterocycles. The van der Waals surface area contributed by atoms with Gasteiger partial charge in [0.05, 0.1) is 16.9 Å². The van der Waals surface area contributed by atoms with Crippen molar-refractivity contribution in [2.45, 2.75) is 45.6 Å². The highest BCUT2D eigenvalue weighted by Crippen LogP contribution is 2.40. The summed E-state index contributed by atoms with van der Waals surface area (Å²) in [4.78, 5) is 39.1. The van der Waals surface area contributed by atoms with Gasteiger partial charge in [-0.3, -0.25) is 4.79 Å². The molecule has 2 aliphatic rings. The van der Waals surface area contributed by atoms with Crippen molar-refractivity contribution in [1.82, 2.24) is 19.9 Å². The number of carboxylic acid groups (broad SMARTS) is 1. The normalized spacial score (nSPS) is 16.8. The van der Waals surface area contributed by atoms with Crippen LogP contribution in [0.15, 0.2) is 54.9 Å². The third-order valence-electron chi connectivity index (χ3n) is 7.68. The number of carbonyl (C=O) groups is 2. The number of piperidine rings is 1. The quantitative estimate of drug-likeness (QED) is 0.254. The molecule has 0 unspecified atom stereocenters. The van der Waals surface area contributed by atoms with Gasteiger partial charge in [0, 0.05) is 48.2 Å². The van der Waals surface area contributed by atoms with Crippen LogP contribution in [0.1, 0.15) is 36.8 Å². The second-order valence-corrected chi connectivity index (χ2v) is 10.8. The zero-order valence-corrected chi connectivity index (χ0v) is 23.1. The molecule has 10 heteroatoms. The number of pyridine rings is 1. The molecule has 210 valence electrons. The van der Waals surface area contributed by atoms with Gasteiger partial charge in [0.25, 0.3) is 0 Å². The largest absolute Gasteiger partial charge is 0.465 e. The number of carbonyl (C=O) groups excluding carboxylic acids is 1. The summed E-state index contributed by atoms with van der Waals surface area (Å²) in [6, 6.07) is 13.5. The molecule has 1 saturated carbocycles. The molecule has 6 rings (SSSR count). The number of aromatic nitrogens is 3. The maximum atomic E-state index is 12.6. The molecule has 3 N–H and O–H groups in total. The van der Waals surface area contributed by atoms with E-state index in [1.54, 1.807) is 18.5 Å². The molecule has 0 radical (unpaired) electrons. The van der Waals surface area contributed by atoms with E-state index in [4.69, 9.17) is 9.72 Å². The minimum atomic E-state index is -0.917. The van der Waals surface area contributed by atoms with E-state index >= 15 is 0 Å². The highest BCUT2D eigenvalue weighted by atomic mass is 16.5. The lowest BCUT2D eigenvalue weighted by Gasteiger charge is -2.31. The number of anilines is 2. The van der Waals surface area contributed by atoms with Gasteiger partial charge in [0.1, 0.15) is 5.75 Å². The van der Waals surface area contributed by atoms with Gasteiger partial charge in [0.2, 0.25) is 17.7 Å². The molecule has 1 saturated heterocycles. The van der Waals surface area contributed by atoms with Crippen molar-refractivity contribution in [3.63, 3.8) is 0 Å². The number of ether oxygens (including phenoxy) is 1. The minimum absolute atomic E-state index is 0.0627. The average Bonchev–Trinajstić information content (AvgIpc) is 3.82. The van der Waals surface area contributed by atoms with Crippen LogP contribution in [0.25, 0.3) is 22.0 Å². The Balaban J connectivity index is 1.30. The summed E-state index contributed by atoms with van der Waals surface area (Å²) < 4.78 is 6.52. The number of likely N-dealkylation sites (tertiary alicyclic amines) is 1. The first-order valence-corrected chi connectivity index (χ1v) is 13.9. The highest BCUT2D eigenvalue weighted by Gasteiger charge is 2.30. The van der Waals surface area contributed by atoms with E-state index in [1.807, 2.05) is 50.2 Å². The van der Waals surface area contributed by atoms with Gasteiger partial charge in [-0.1, -0.05) is 24.3 Å². The van der Waals surface area contributed by atoms with Crippen LogP contribution in [0, 0.1) is 19.8 Å². The first kappa shape index (κ1) is 26.5. The lowest BCUT2D eigenvalue weighted by atomic mass is 10.0. The molecule has 41 heavy (non-hydrogen) atoms. The maximum absolute atomic E-state index is 12.6. The van der Waals surface area contributed by atoms with E-state index in [9.17, 15) is 14.7 Å². The fourth-order valence-corrected chi connectivity index (χ4v) is 5.26. The molecule has 0 bridgehead atoms. The Kier molecular flexibility index (Phi) is 7.13. The van der Waals surface area contributed by atoms with E-state index in [-0.39, 0.29) is 17.9 Å². The summed E-state index contributed by atoms with van der Waals surface area (Å²) in [5.74, 6) is 1.64. The van der Waals surface area contributed by atoms with E-state index in [1.165, 1.54) is 4.90 Å². The van der Waals surface area contributed by atoms with Gasteiger partial charge < -0.3 is 25.4 Å². The Morgan fingerprint density at radius 1 is 0.976 bits per heavy atom. The fraction of sp³-hybridized carbons (Fsp3) is 0.323. The summed E-state index contributed by atoms with van der Waals surface area (Å²) in [6.07, 6.45) is 5.91. The van der Waals surface area contributed by atoms with Gasteiger partial charge in [0.15, 0.2) is 0 Å². The van der Waals surface area contributed by atoms with Crippen molar-refractivity contribution in [2.75, 3.05) is 23.7 Å². The molecular weight excluding hydrogens is 520 g/mol. The van der Waals surface area contributed by atoms with Crippen LogP contribution in [-0.2, 0) is 4.79 Å². The summed E-state index contributed by atoms with van der Waals surface area (Å²) in [6.45, 7) is 4.89. The van der Waals surface area contributed by atoms with Crippen LogP contribution >= 0.6 is 0 Å². The van der Waals surface area contributed by atoms with E-state index in [0.717, 1.165) is 53.3 Å². The average molecular weight is 553 g/mol. The van der Waals surface area contributed by atoms with E-state index < -0.39 is 6.09 Å². The van der Waals surface area contributed by atoms with Crippen molar-refractivity contribution in [3.05, 3.63) is 66.0 Å². The molecule has 2 aromatic heterocycles. The Morgan fingerprint density at radius 2 is 1.78 bits per heavy atom. The van der Waals surface area contributed by atoms with E-state index in [0.29, 0.717) is 41.9 Å². The Labute approximate surface area is 237 Å². The molecule has 1 atom stereocenters. The summed E-state index contributed by atoms with van der Waals surface area (Å²) >= 11 is 0. The smallest absolute Gasteiger partial charge is 0.407 e. The topological polar surface area (TPSA) is 130 Å². The monoisotopic (exact) mass is 552 g/mol. The van der Waals surface area contributed by atoms with Crippen LogP contribution in [0.3, 0.4) is 0 Å². The Morgan fingerprint density at radius 3 is 2.59 bits per heavy atom. The molecule has 2 aromatic carbocycles. The van der Waals surface area contributed by atoms with Crippen molar-refractivity contribution >= 4 is 34.4 Å². The standard InChI is InChI=1S/C31H32N6O4/c1-18-7-12-23-22(26(18)36-28(38)20-9-10-20)11-8-19(2)27(23)41-29-24(6-3-14-32-29)25-13-15-33-30(35-25)34-21-5-4-16-37(17-21)31(39)40/h3,6-8,11-15,20-21H,4-5,9-10,16-17H2,1-2H3,(H,36,38)(H,39,40)(H,33,34,35)/t21-/m0/s1. The molecule has 1 aliphatic carbocycles. The van der Waals surface area contributed by atoms with Gasteiger partial charge in [-0.05, 0) is 68.9 Å². The van der Waals surface area contributed by atoms with Gasteiger partial charge in [-0.15, -0.1) is 0 Å². The SMILES string of the molecule is Cc1ccc2c(Oc3ncccc3-c3ccnc(N[C@H]4CCCN(C(=O)O)C4)n3)c(C)ccc2c1NC(=O)C1CC1. The number of hydrogen-bond donors (Lipinski definition) is 3. The zero-order chi connectivity index (χ0) is 28.5. The number of amides is 2. The van der Waals surface area contributed by atoms with Crippen molar-refractivity contribution < 1.29 is 19.4 Å². The third kappa shape index (κ3) is 5.63. The zero-order valence-electron chi connectivity index (χ0n) is 23.1. The van der Waals surface area contributed by atoms with Crippen molar-refractivity contribution in [1.29, 1.82) is 0 Å². The number of benzene rings is 2. The van der Waals surface area contributed by atoms with Gasteiger partial charge in [-0.25, -0.2) is 19.7 Å². The van der Waals surface area contributed by atoms with Crippen LogP contribution in [0.5, 0.6) is 11.6 Å². The maximum Gasteiger partial charge on any atom is 0.407 e. The van der Waals surface area contributed by atoms with Crippen molar-refractivity contribution in [3.8, 4) is 22.9 Å². The molecule has 2 fully saturated rings. The molecule has 2 amide bonds. The lowest BCUT2D eigenvalue weighted by molar-refractivity contribution is -0.117. The Hall–Kier alpha value is -4.73. The van der Waals surface area contributed by atoms with E-state index in [2.05, 4.69) is 20.6 Å². The van der Waals surface area contributed by atoms with Crippen LogP contribution in [0.2, 0.25) is 0 Å². The number of rotatable bonds is 7. The second-order valence-electron chi connectivity index (χ2n) is 10.8. The molecular formula is C31H32N6O4. The lowest BCUT2D eigenvalue weighted by Crippen LogP contribution is -2.44. The number of aryl methyl sites for hydroxylation is 2. The molecule has 3 heterocycles. The van der Waals surface area contributed by atoms with Crippen LogP contribution in [0.4, 0.5) is 16.4 Å². The van der Waals surface area contributed by atoms with Gasteiger partial charge in [-0.2, -0.15) is 0 Å². The highest BCUT2D eigenvalue weighted by molar-refractivity contribution is 6.06. The van der Waals surface area contributed by atoms with Crippen molar-refractivity contribution in [2.24, 2.45) is 5.92 Å². The number of nitrogens with zero attached hydrogens (tertiary/aromatic N) is 4. The number of hydrogen-bond acceptors (Lipinski definition) is 7. The third-order valence-corrected chi connectivity index (χ3v) is 7.68. The molecule has 10 nitrogen and oxygen atoms in total. The minimum Gasteiger partial charge on any atom is -0.465 e. The number of nitrogens with one attached hydrogen (secondary N) is 2. The first-order chi connectivity index (χ1) is 19.9.